The molecular weight excluding hydrogens is 298 g/mol. The quantitative estimate of drug-likeness (QED) is 0.939. The first-order valence-corrected chi connectivity index (χ1v) is 8.48. The Bertz CT molecular complexity index is 688. The first-order chi connectivity index (χ1) is 11.6. The molecular formula is C20H25N3O. The predicted octanol–water partition coefficient (Wildman–Crippen LogP) is 2.99. The minimum Gasteiger partial charge on any atom is -0.322 e. The Balaban J connectivity index is 1.59. The first-order valence-electron chi connectivity index (χ1n) is 8.48. The molecule has 3 rings (SSSR count). The number of carbonyl (C=O) groups is 1. The fraction of sp³-hybridized carbons (Fsp3) is 0.350. The van der Waals surface area contributed by atoms with Crippen LogP contribution >= 0.6 is 0 Å². The van der Waals surface area contributed by atoms with Gasteiger partial charge in [0, 0.05) is 44.0 Å². The van der Waals surface area contributed by atoms with Crippen molar-refractivity contribution < 1.29 is 4.79 Å². The maximum Gasteiger partial charge on any atom is 0.255 e. The maximum atomic E-state index is 12.4. The van der Waals surface area contributed by atoms with Gasteiger partial charge in [0.2, 0.25) is 0 Å². The minimum atomic E-state index is -0.0598. The van der Waals surface area contributed by atoms with E-state index in [9.17, 15) is 4.79 Å². The molecule has 4 nitrogen and oxygen atoms in total. The normalized spacial score (nSPS) is 16.1. The highest BCUT2D eigenvalue weighted by molar-refractivity contribution is 6.04. The van der Waals surface area contributed by atoms with Crippen molar-refractivity contribution in [1.82, 2.24) is 9.80 Å². The van der Waals surface area contributed by atoms with Gasteiger partial charge in [0.1, 0.15) is 0 Å². The molecule has 24 heavy (non-hydrogen) atoms. The predicted molar refractivity (Wildman–Crippen MR) is 98.3 cm³/mol. The summed E-state index contributed by atoms with van der Waals surface area (Å²) in [6.45, 7) is 7.40. The highest BCUT2D eigenvalue weighted by atomic mass is 16.1. The van der Waals surface area contributed by atoms with E-state index in [-0.39, 0.29) is 5.91 Å². The van der Waals surface area contributed by atoms with Gasteiger partial charge in [-0.1, -0.05) is 30.3 Å². The van der Waals surface area contributed by atoms with Crippen LogP contribution in [0.2, 0.25) is 0 Å². The number of nitrogens with zero attached hydrogens (tertiary/aromatic N) is 2. The van der Waals surface area contributed by atoms with Crippen LogP contribution in [0.5, 0.6) is 0 Å². The smallest absolute Gasteiger partial charge is 0.255 e. The number of aryl methyl sites for hydroxylation is 1. The molecule has 0 aromatic heterocycles. The van der Waals surface area contributed by atoms with Crippen LogP contribution in [0.1, 0.15) is 21.5 Å². The van der Waals surface area contributed by atoms with Crippen molar-refractivity contribution in [3.63, 3.8) is 0 Å². The zero-order valence-electron chi connectivity index (χ0n) is 14.5. The molecule has 0 bridgehead atoms. The monoisotopic (exact) mass is 323 g/mol. The summed E-state index contributed by atoms with van der Waals surface area (Å²) in [5, 5.41) is 2.98. The van der Waals surface area contributed by atoms with Gasteiger partial charge in [-0.2, -0.15) is 0 Å². The van der Waals surface area contributed by atoms with E-state index >= 15 is 0 Å². The number of amides is 1. The lowest BCUT2D eigenvalue weighted by Gasteiger charge is -2.32. The van der Waals surface area contributed by atoms with Crippen molar-refractivity contribution >= 4 is 11.6 Å². The zero-order chi connectivity index (χ0) is 16.9. The third kappa shape index (κ3) is 4.22. The zero-order valence-corrected chi connectivity index (χ0v) is 14.5. The molecule has 126 valence electrons. The second kappa shape index (κ2) is 7.60. The Labute approximate surface area is 144 Å². The van der Waals surface area contributed by atoms with E-state index in [4.69, 9.17) is 0 Å². The third-order valence-electron chi connectivity index (χ3n) is 4.61. The molecule has 1 aliphatic rings. The number of rotatable bonds is 4. The molecule has 0 radical (unpaired) electrons. The number of benzene rings is 2. The molecule has 4 heteroatoms. The molecule has 0 saturated carbocycles. The van der Waals surface area contributed by atoms with Gasteiger partial charge in [-0.3, -0.25) is 9.69 Å². The summed E-state index contributed by atoms with van der Waals surface area (Å²) in [6, 6.07) is 15.8. The van der Waals surface area contributed by atoms with Crippen molar-refractivity contribution in [2.45, 2.75) is 13.5 Å². The molecule has 1 amide bonds. The van der Waals surface area contributed by atoms with Crippen molar-refractivity contribution in [2.75, 3.05) is 38.5 Å². The number of likely N-dealkylation sites (N-methyl/N-ethyl adjacent to an activating group) is 1. The van der Waals surface area contributed by atoms with E-state index in [0.29, 0.717) is 5.56 Å². The minimum absolute atomic E-state index is 0.0598. The summed E-state index contributed by atoms with van der Waals surface area (Å²) in [4.78, 5) is 17.2. The molecule has 1 saturated heterocycles. The standard InChI is InChI=1S/C20H25N3O/c1-16-5-3-4-6-19(16)21-20(24)18-9-7-17(8-10-18)15-23-13-11-22(2)12-14-23/h3-10H,11-15H2,1-2H3,(H,21,24). The van der Waals surface area contributed by atoms with E-state index in [1.54, 1.807) is 0 Å². The Hall–Kier alpha value is -2.17. The van der Waals surface area contributed by atoms with Crippen molar-refractivity contribution in [2.24, 2.45) is 0 Å². The van der Waals surface area contributed by atoms with Gasteiger partial charge in [0.25, 0.3) is 5.91 Å². The fourth-order valence-corrected chi connectivity index (χ4v) is 2.93. The molecule has 0 aliphatic carbocycles. The van der Waals surface area contributed by atoms with Crippen LogP contribution in [0, 0.1) is 6.92 Å². The number of piperazine rings is 1. The number of carbonyl (C=O) groups excluding carboxylic acids is 1. The van der Waals surface area contributed by atoms with Crippen molar-refractivity contribution in [1.29, 1.82) is 0 Å². The number of anilines is 1. The Morgan fingerprint density at radius 1 is 1.00 bits per heavy atom. The van der Waals surface area contributed by atoms with Crippen LogP contribution in [0.4, 0.5) is 5.69 Å². The molecule has 0 unspecified atom stereocenters. The molecule has 2 aromatic rings. The summed E-state index contributed by atoms with van der Waals surface area (Å²) in [7, 11) is 2.17. The van der Waals surface area contributed by atoms with Crippen molar-refractivity contribution in [3.05, 3.63) is 65.2 Å². The summed E-state index contributed by atoms with van der Waals surface area (Å²) in [6.07, 6.45) is 0. The van der Waals surface area contributed by atoms with Crippen LogP contribution in [0.25, 0.3) is 0 Å². The van der Waals surface area contributed by atoms with Gasteiger partial charge in [-0.15, -0.1) is 0 Å². The lowest BCUT2D eigenvalue weighted by Crippen LogP contribution is -2.43. The fourth-order valence-electron chi connectivity index (χ4n) is 2.93. The van der Waals surface area contributed by atoms with Crippen LogP contribution in [0.15, 0.2) is 48.5 Å². The van der Waals surface area contributed by atoms with E-state index in [0.717, 1.165) is 44.0 Å². The molecule has 1 N–H and O–H groups in total. The molecule has 1 aliphatic heterocycles. The van der Waals surface area contributed by atoms with Gasteiger partial charge in [0.15, 0.2) is 0 Å². The molecule has 2 aromatic carbocycles. The van der Waals surface area contributed by atoms with Gasteiger partial charge in [0.05, 0.1) is 0 Å². The average molecular weight is 323 g/mol. The van der Waals surface area contributed by atoms with Crippen LogP contribution in [0.3, 0.4) is 0 Å². The summed E-state index contributed by atoms with van der Waals surface area (Å²) in [5.74, 6) is -0.0598. The molecule has 0 atom stereocenters. The Morgan fingerprint density at radius 2 is 1.67 bits per heavy atom. The number of para-hydroxylation sites is 1. The van der Waals surface area contributed by atoms with Gasteiger partial charge in [-0.05, 0) is 43.3 Å². The van der Waals surface area contributed by atoms with Crippen molar-refractivity contribution in [3.8, 4) is 0 Å². The maximum absolute atomic E-state index is 12.4. The largest absolute Gasteiger partial charge is 0.322 e. The molecule has 1 heterocycles. The average Bonchev–Trinajstić information content (AvgIpc) is 2.59. The van der Waals surface area contributed by atoms with Crippen LogP contribution in [-0.2, 0) is 6.54 Å². The Kier molecular flexibility index (Phi) is 5.28. The second-order valence-corrected chi connectivity index (χ2v) is 6.55. The summed E-state index contributed by atoms with van der Waals surface area (Å²) < 4.78 is 0. The van der Waals surface area contributed by atoms with E-state index in [1.807, 2.05) is 43.3 Å². The van der Waals surface area contributed by atoms with Crippen LogP contribution in [-0.4, -0.2) is 48.9 Å². The van der Waals surface area contributed by atoms with Gasteiger partial charge < -0.3 is 10.2 Å². The molecule has 0 spiro atoms. The lowest BCUT2D eigenvalue weighted by atomic mass is 10.1. The lowest BCUT2D eigenvalue weighted by molar-refractivity contribution is 0.102. The molecule has 1 fully saturated rings. The van der Waals surface area contributed by atoms with Gasteiger partial charge >= 0.3 is 0 Å². The first kappa shape index (κ1) is 16.7. The number of hydrogen-bond donors (Lipinski definition) is 1. The highest BCUT2D eigenvalue weighted by Crippen LogP contribution is 2.15. The Morgan fingerprint density at radius 3 is 2.33 bits per heavy atom. The summed E-state index contributed by atoms with van der Waals surface area (Å²) in [5.41, 5.74) is 3.88. The number of hydrogen-bond acceptors (Lipinski definition) is 3. The van der Waals surface area contributed by atoms with E-state index < -0.39 is 0 Å². The second-order valence-electron chi connectivity index (χ2n) is 6.55. The SMILES string of the molecule is Cc1ccccc1NC(=O)c1ccc(CN2CCN(C)CC2)cc1. The third-order valence-corrected chi connectivity index (χ3v) is 4.61. The topological polar surface area (TPSA) is 35.6 Å². The van der Waals surface area contributed by atoms with Gasteiger partial charge in [-0.25, -0.2) is 0 Å². The number of nitrogens with one attached hydrogen (secondary N) is 1. The summed E-state index contributed by atoms with van der Waals surface area (Å²) >= 11 is 0. The van der Waals surface area contributed by atoms with E-state index in [1.165, 1.54) is 5.56 Å². The van der Waals surface area contributed by atoms with E-state index in [2.05, 4.69) is 34.3 Å². The highest BCUT2D eigenvalue weighted by Gasteiger charge is 2.14. The van der Waals surface area contributed by atoms with Crippen LogP contribution < -0.4 is 5.32 Å².